The lowest BCUT2D eigenvalue weighted by Crippen LogP contribution is -2.48. The molecular formula is C11H15FN2O2. The second kappa shape index (κ2) is 4.76. The topological polar surface area (TPSA) is 45.6 Å². The van der Waals surface area contributed by atoms with Gasteiger partial charge in [0.25, 0.3) is 0 Å². The Kier molecular flexibility index (Phi) is 3.36. The minimum Gasteiger partial charge on any atom is -0.394 e. The van der Waals surface area contributed by atoms with Gasteiger partial charge in [-0.15, -0.1) is 0 Å². The molecule has 0 spiro atoms. The Morgan fingerprint density at radius 1 is 1.56 bits per heavy atom. The maximum Gasteiger partial charge on any atom is 0.214 e. The fraction of sp³-hybridized carbons (Fsp3) is 0.545. The van der Waals surface area contributed by atoms with Crippen LogP contribution in [-0.4, -0.2) is 42.0 Å². The van der Waals surface area contributed by atoms with E-state index in [4.69, 9.17) is 9.84 Å². The van der Waals surface area contributed by atoms with Gasteiger partial charge in [0.2, 0.25) is 5.95 Å². The Morgan fingerprint density at radius 2 is 2.38 bits per heavy atom. The molecule has 4 nitrogen and oxygen atoms in total. The molecule has 0 bridgehead atoms. The zero-order valence-electron chi connectivity index (χ0n) is 9.14. The molecule has 0 aromatic carbocycles. The smallest absolute Gasteiger partial charge is 0.214 e. The van der Waals surface area contributed by atoms with Gasteiger partial charge in [0, 0.05) is 13.1 Å². The standard InChI is InChI=1S/C11H15FN2O2/c1-8-5-14(6-9(7-15)16-8)11-4-2-3-10(12)13-11/h2-4,8-9,15H,5-7H2,1H3. The maximum absolute atomic E-state index is 13.0. The molecule has 16 heavy (non-hydrogen) atoms. The molecule has 2 atom stereocenters. The van der Waals surface area contributed by atoms with Gasteiger partial charge < -0.3 is 14.7 Å². The van der Waals surface area contributed by atoms with Crippen LogP contribution in [-0.2, 0) is 4.74 Å². The molecule has 1 aliphatic heterocycles. The summed E-state index contributed by atoms with van der Waals surface area (Å²) >= 11 is 0. The molecule has 2 unspecified atom stereocenters. The zero-order valence-corrected chi connectivity index (χ0v) is 9.14. The van der Waals surface area contributed by atoms with Crippen LogP contribution in [0, 0.1) is 5.95 Å². The Balaban J connectivity index is 2.14. The molecule has 1 N–H and O–H groups in total. The fourth-order valence-corrected chi connectivity index (χ4v) is 1.91. The van der Waals surface area contributed by atoms with Crippen molar-refractivity contribution >= 4 is 5.82 Å². The van der Waals surface area contributed by atoms with Crippen molar-refractivity contribution in [2.45, 2.75) is 19.1 Å². The number of ether oxygens (including phenoxy) is 1. The lowest BCUT2D eigenvalue weighted by atomic mass is 10.2. The van der Waals surface area contributed by atoms with Gasteiger partial charge in [0.15, 0.2) is 0 Å². The molecular weight excluding hydrogens is 211 g/mol. The minimum atomic E-state index is -0.489. The van der Waals surface area contributed by atoms with E-state index >= 15 is 0 Å². The highest BCUT2D eigenvalue weighted by Gasteiger charge is 2.25. The van der Waals surface area contributed by atoms with Gasteiger partial charge in [0.1, 0.15) is 5.82 Å². The summed E-state index contributed by atoms with van der Waals surface area (Å²) < 4.78 is 18.5. The highest BCUT2D eigenvalue weighted by Crippen LogP contribution is 2.18. The van der Waals surface area contributed by atoms with Crippen LogP contribution in [0.5, 0.6) is 0 Å². The van der Waals surface area contributed by atoms with Gasteiger partial charge >= 0.3 is 0 Å². The van der Waals surface area contributed by atoms with E-state index in [0.29, 0.717) is 18.9 Å². The molecule has 5 heteroatoms. The van der Waals surface area contributed by atoms with E-state index in [0.717, 1.165) is 0 Å². The second-order valence-corrected chi connectivity index (χ2v) is 3.97. The number of pyridine rings is 1. The molecule has 2 rings (SSSR count). The van der Waals surface area contributed by atoms with Crippen molar-refractivity contribution in [2.75, 3.05) is 24.6 Å². The summed E-state index contributed by atoms with van der Waals surface area (Å²) in [7, 11) is 0. The Hall–Kier alpha value is -1.20. The summed E-state index contributed by atoms with van der Waals surface area (Å²) in [6, 6.07) is 4.71. The predicted octanol–water partition coefficient (Wildman–Crippen LogP) is 0.807. The van der Waals surface area contributed by atoms with E-state index in [-0.39, 0.29) is 18.8 Å². The van der Waals surface area contributed by atoms with E-state index in [1.165, 1.54) is 6.07 Å². The van der Waals surface area contributed by atoms with Gasteiger partial charge in [-0.25, -0.2) is 4.98 Å². The van der Waals surface area contributed by atoms with E-state index in [1.807, 2.05) is 11.8 Å². The summed E-state index contributed by atoms with van der Waals surface area (Å²) in [4.78, 5) is 5.75. The summed E-state index contributed by atoms with van der Waals surface area (Å²) in [5.74, 6) is 0.103. The van der Waals surface area contributed by atoms with E-state index in [2.05, 4.69) is 4.98 Å². The van der Waals surface area contributed by atoms with Gasteiger partial charge in [-0.3, -0.25) is 0 Å². The first kappa shape index (κ1) is 11.3. The van der Waals surface area contributed by atoms with Crippen molar-refractivity contribution in [1.82, 2.24) is 4.98 Å². The number of hydrogen-bond donors (Lipinski definition) is 1. The normalized spacial score (nSPS) is 25.8. The molecule has 88 valence electrons. The largest absolute Gasteiger partial charge is 0.394 e. The van der Waals surface area contributed by atoms with Crippen molar-refractivity contribution in [3.8, 4) is 0 Å². The first-order valence-corrected chi connectivity index (χ1v) is 5.33. The molecule has 0 saturated carbocycles. The highest BCUT2D eigenvalue weighted by atomic mass is 19.1. The number of halogens is 1. The summed E-state index contributed by atoms with van der Waals surface area (Å²) in [6.07, 6.45) is -0.218. The SMILES string of the molecule is CC1CN(c2cccc(F)n2)CC(CO)O1. The average Bonchev–Trinajstić information content (AvgIpc) is 2.28. The lowest BCUT2D eigenvalue weighted by Gasteiger charge is -2.36. The summed E-state index contributed by atoms with van der Waals surface area (Å²) in [6.45, 7) is 3.09. The number of aromatic nitrogens is 1. The fourth-order valence-electron chi connectivity index (χ4n) is 1.91. The van der Waals surface area contributed by atoms with Crippen molar-refractivity contribution in [3.63, 3.8) is 0 Å². The number of nitrogens with zero attached hydrogens (tertiary/aromatic N) is 2. The van der Waals surface area contributed by atoms with Crippen LogP contribution < -0.4 is 4.90 Å². The van der Waals surface area contributed by atoms with Crippen LogP contribution >= 0.6 is 0 Å². The average molecular weight is 226 g/mol. The van der Waals surface area contributed by atoms with E-state index < -0.39 is 5.95 Å². The predicted molar refractivity (Wildman–Crippen MR) is 57.8 cm³/mol. The van der Waals surface area contributed by atoms with Crippen molar-refractivity contribution in [1.29, 1.82) is 0 Å². The van der Waals surface area contributed by atoms with E-state index in [1.54, 1.807) is 12.1 Å². The number of aliphatic hydroxyl groups excluding tert-OH is 1. The zero-order chi connectivity index (χ0) is 11.5. The van der Waals surface area contributed by atoms with Crippen LogP contribution in [0.3, 0.4) is 0 Å². The number of anilines is 1. The van der Waals surface area contributed by atoms with Crippen LogP contribution in [0.25, 0.3) is 0 Å². The van der Waals surface area contributed by atoms with Crippen LogP contribution in [0.15, 0.2) is 18.2 Å². The first-order valence-electron chi connectivity index (χ1n) is 5.33. The number of aliphatic hydroxyl groups is 1. The van der Waals surface area contributed by atoms with Gasteiger partial charge in [-0.1, -0.05) is 6.07 Å². The maximum atomic E-state index is 13.0. The minimum absolute atomic E-state index is 0.0102. The molecule has 1 saturated heterocycles. The number of rotatable bonds is 2. The molecule has 0 radical (unpaired) electrons. The Bertz CT molecular complexity index is 362. The van der Waals surface area contributed by atoms with Gasteiger partial charge in [-0.05, 0) is 19.1 Å². The quantitative estimate of drug-likeness (QED) is 0.758. The number of morpholine rings is 1. The van der Waals surface area contributed by atoms with Crippen LogP contribution in [0.1, 0.15) is 6.92 Å². The van der Waals surface area contributed by atoms with Crippen molar-refractivity contribution in [2.24, 2.45) is 0 Å². The third-order valence-corrected chi connectivity index (χ3v) is 2.55. The monoisotopic (exact) mass is 226 g/mol. The highest BCUT2D eigenvalue weighted by molar-refractivity contribution is 5.38. The van der Waals surface area contributed by atoms with Crippen molar-refractivity contribution in [3.05, 3.63) is 24.1 Å². The molecule has 0 aliphatic carbocycles. The first-order chi connectivity index (χ1) is 7.69. The Morgan fingerprint density at radius 3 is 3.06 bits per heavy atom. The third kappa shape index (κ3) is 2.48. The molecule has 2 heterocycles. The molecule has 1 aromatic heterocycles. The molecule has 1 fully saturated rings. The number of hydrogen-bond acceptors (Lipinski definition) is 4. The van der Waals surface area contributed by atoms with Crippen LogP contribution in [0.2, 0.25) is 0 Å². The van der Waals surface area contributed by atoms with Crippen LogP contribution in [0.4, 0.5) is 10.2 Å². The van der Waals surface area contributed by atoms with Gasteiger partial charge in [-0.2, -0.15) is 4.39 Å². The van der Waals surface area contributed by atoms with Gasteiger partial charge in [0.05, 0.1) is 18.8 Å². The Labute approximate surface area is 93.7 Å². The molecule has 1 aliphatic rings. The summed E-state index contributed by atoms with van der Waals surface area (Å²) in [5, 5.41) is 9.08. The molecule has 1 aromatic rings. The third-order valence-electron chi connectivity index (χ3n) is 2.55. The summed E-state index contributed by atoms with van der Waals surface area (Å²) in [5.41, 5.74) is 0. The second-order valence-electron chi connectivity index (χ2n) is 3.97. The molecule has 0 amide bonds. The lowest BCUT2D eigenvalue weighted by molar-refractivity contribution is -0.0423. The van der Waals surface area contributed by atoms with Crippen molar-refractivity contribution < 1.29 is 14.2 Å². The van der Waals surface area contributed by atoms with E-state index in [9.17, 15) is 4.39 Å².